The molecule has 0 spiro atoms. The predicted octanol–water partition coefficient (Wildman–Crippen LogP) is 2.04. The molecule has 0 bridgehead atoms. The highest BCUT2D eigenvalue weighted by atomic mass is 16.2. The van der Waals surface area contributed by atoms with E-state index < -0.39 is 0 Å². The van der Waals surface area contributed by atoms with Crippen LogP contribution < -0.4 is 5.56 Å². The SMILES string of the molecule is CCN(CC)C(=O)Cn1c(=O)c2nnc(C(C)C)n2c2ccccc21. The van der Waals surface area contributed by atoms with Crippen molar-refractivity contribution in [3.05, 3.63) is 40.4 Å². The van der Waals surface area contributed by atoms with Crippen LogP contribution in [0, 0.1) is 0 Å². The van der Waals surface area contributed by atoms with Crippen molar-refractivity contribution in [2.45, 2.75) is 40.2 Å². The minimum absolute atomic E-state index is 0.00139. The fraction of sp³-hybridized carbons (Fsp3) is 0.444. The van der Waals surface area contributed by atoms with E-state index >= 15 is 0 Å². The summed E-state index contributed by atoms with van der Waals surface area (Å²) in [6.45, 7) is 9.12. The number of hydrogen-bond acceptors (Lipinski definition) is 4. The Balaban J connectivity index is 2.27. The molecule has 0 aliphatic heterocycles. The van der Waals surface area contributed by atoms with Crippen LogP contribution in [0.15, 0.2) is 29.1 Å². The Hall–Kier alpha value is -2.70. The van der Waals surface area contributed by atoms with Crippen LogP contribution in [-0.2, 0) is 11.3 Å². The summed E-state index contributed by atoms with van der Waals surface area (Å²) in [5, 5.41) is 8.30. The summed E-state index contributed by atoms with van der Waals surface area (Å²) in [6, 6.07) is 7.56. The average Bonchev–Trinajstić information content (AvgIpc) is 3.05. The third kappa shape index (κ3) is 2.79. The molecule has 2 heterocycles. The maximum atomic E-state index is 13.0. The van der Waals surface area contributed by atoms with Crippen molar-refractivity contribution in [1.82, 2.24) is 24.1 Å². The average molecular weight is 341 g/mol. The van der Waals surface area contributed by atoms with Crippen LogP contribution in [0.25, 0.3) is 16.7 Å². The number of benzene rings is 1. The maximum absolute atomic E-state index is 13.0. The summed E-state index contributed by atoms with van der Waals surface area (Å²) in [4.78, 5) is 27.2. The number of rotatable bonds is 5. The largest absolute Gasteiger partial charge is 0.342 e. The molecule has 7 nitrogen and oxygen atoms in total. The summed E-state index contributed by atoms with van der Waals surface area (Å²) in [5.74, 6) is 0.793. The highest BCUT2D eigenvalue weighted by Crippen LogP contribution is 2.19. The first-order chi connectivity index (χ1) is 12.0. The minimum atomic E-state index is -0.293. The van der Waals surface area contributed by atoms with Crippen molar-refractivity contribution in [3.8, 4) is 0 Å². The lowest BCUT2D eigenvalue weighted by molar-refractivity contribution is -0.131. The van der Waals surface area contributed by atoms with Gasteiger partial charge in [0, 0.05) is 19.0 Å². The lowest BCUT2D eigenvalue weighted by atomic mass is 10.2. The number of carbonyl (C=O) groups is 1. The van der Waals surface area contributed by atoms with E-state index in [1.165, 1.54) is 4.57 Å². The first kappa shape index (κ1) is 17.1. The van der Waals surface area contributed by atoms with Gasteiger partial charge in [-0.1, -0.05) is 26.0 Å². The molecule has 2 aromatic heterocycles. The van der Waals surface area contributed by atoms with E-state index in [9.17, 15) is 9.59 Å². The van der Waals surface area contributed by atoms with Gasteiger partial charge in [-0.15, -0.1) is 10.2 Å². The van der Waals surface area contributed by atoms with Crippen LogP contribution in [-0.4, -0.2) is 43.1 Å². The number of hydrogen-bond donors (Lipinski definition) is 0. The van der Waals surface area contributed by atoms with E-state index in [1.807, 2.05) is 52.0 Å². The second-order valence-corrected chi connectivity index (χ2v) is 6.32. The van der Waals surface area contributed by atoms with Crippen molar-refractivity contribution in [3.63, 3.8) is 0 Å². The van der Waals surface area contributed by atoms with Gasteiger partial charge in [-0.05, 0) is 26.0 Å². The number of nitrogens with zero attached hydrogens (tertiary/aromatic N) is 5. The van der Waals surface area contributed by atoms with Gasteiger partial charge in [0.15, 0.2) is 0 Å². The van der Waals surface area contributed by atoms with Crippen LogP contribution in [0.4, 0.5) is 0 Å². The van der Waals surface area contributed by atoms with Crippen molar-refractivity contribution < 1.29 is 4.79 Å². The number of amides is 1. The Morgan fingerprint density at radius 1 is 1.12 bits per heavy atom. The molecule has 3 aromatic rings. The lowest BCUT2D eigenvalue weighted by Gasteiger charge is -2.20. The second kappa shape index (κ2) is 6.66. The zero-order valence-corrected chi connectivity index (χ0v) is 15.1. The molecule has 0 aliphatic rings. The fourth-order valence-electron chi connectivity index (χ4n) is 3.13. The van der Waals surface area contributed by atoms with Crippen molar-refractivity contribution in [2.24, 2.45) is 0 Å². The quantitative estimate of drug-likeness (QED) is 0.712. The molecule has 0 unspecified atom stereocenters. The molecule has 0 fully saturated rings. The summed E-state index contributed by atoms with van der Waals surface area (Å²) in [5.41, 5.74) is 1.51. The molecule has 0 radical (unpaired) electrons. The second-order valence-electron chi connectivity index (χ2n) is 6.32. The third-order valence-corrected chi connectivity index (χ3v) is 4.46. The van der Waals surface area contributed by atoms with Crippen LogP contribution in [0.5, 0.6) is 0 Å². The van der Waals surface area contributed by atoms with Gasteiger partial charge >= 0.3 is 0 Å². The summed E-state index contributed by atoms with van der Waals surface area (Å²) < 4.78 is 3.31. The molecule has 3 rings (SSSR count). The van der Waals surface area contributed by atoms with Gasteiger partial charge in [0.05, 0.1) is 11.0 Å². The number of fused-ring (bicyclic) bond motifs is 3. The molecule has 0 saturated heterocycles. The Morgan fingerprint density at radius 2 is 1.76 bits per heavy atom. The maximum Gasteiger partial charge on any atom is 0.297 e. The molecule has 7 heteroatoms. The van der Waals surface area contributed by atoms with Crippen LogP contribution in [0.1, 0.15) is 39.4 Å². The molecule has 0 saturated carbocycles. The third-order valence-electron chi connectivity index (χ3n) is 4.46. The van der Waals surface area contributed by atoms with E-state index in [4.69, 9.17) is 0 Å². The number of carbonyl (C=O) groups excluding carboxylic acids is 1. The first-order valence-electron chi connectivity index (χ1n) is 8.63. The predicted molar refractivity (Wildman–Crippen MR) is 96.8 cm³/mol. The van der Waals surface area contributed by atoms with Crippen molar-refractivity contribution >= 4 is 22.6 Å². The molecule has 0 atom stereocenters. The van der Waals surface area contributed by atoms with Gasteiger partial charge in [0.1, 0.15) is 12.4 Å². The lowest BCUT2D eigenvalue weighted by Crippen LogP contribution is -2.37. The molecule has 0 N–H and O–H groups in total. The van der Waals surface area contributed by atoms with Crippen molar-refractivity contribution in [1.29, 1.82) is 0 Å². The van der Waals surface area contributed by atoms with Gasteiger partial charge in [-0.25, -0.2) is 0 Å². The summed E-state index contributed by atoms with van der Waals surface area (Å²) >= 11 is 0. The minimum Gasteiger partial charge on any atom is -0.342 e. The van der Waals surface area contributed by atoms with E-state index in [0.29, 0.717) is 18.6 Å². The molecule has 0 aliphatic carbocycles. The van der Waals surface area contributed by atoms with Gasteiger partial charge in [0.2, 0.25) is 11.6 Å². The van der Waals surface area contributed by atoms with Crippen LogP contribution in [0.2, 0.25) is 0 Å². The number of aromatic nitrogens is 4. The van der Waals surface area contributed by atoms with Gasteiger partial charge in [0.25, 0.3) is 5.56 Å². The Morgan fingerprint density at radius 3 is 2.36 bits per heavy atom. The normalized spacial score (nSPS) is 11.6. The van der Waals surface area contributed by atoms with E-state index in [1.54, 1.807) is 9.30 Å². The monoisotopic (exact) mass is 341 g/mol. The van der Waals surface area contributed by atoms with Gasteiger partial charge in [-0.3, -0.25) is 18.6 Å². The molecule has 1 amide bonds. The summed E-state index contributed by atoms with van der Waals surface area (Å²) in [7, 11) is 0. The zero-order valence-electron chi connectivity index (χ0n) is 15.1. The molecular weight excluding hydrogens is 318 g/mol. The number of likely N-dealkylation sites (N-methyl/N-ethyl adjacent to an activating group) is 1. The molecule has 25 heavy (non-hydrogen) atoms. The highest BCUT2D eigenvalue weighted by Gasteiger charge is 2.20. The summed E-state index contributed by atoms with van der Waals surface area (Å²) in [6.07, 6.45) is 0. The molecule has 132 valence electrons. The Kier molecular flexibility index (Phi) is 4.57. The van der Waals surface area contributed by atoms with Crippen molar-refractivity contribution in [2.75, 3.05) is 13.1 Å². The topological polar surface area (TPSA) is 72.5 Å². The van der Waals surface area contributed by atoms with E-state index in [0.717, 1.165) is 11.3 Å². The highest BCUT2D eigenvalue weighted by molar-refractivity contribution is 5.82. The molecular formula is C18H23N5O2. The zero-order chi connectivity index (χ0) is 18.1. The van der Waals surface area contributed by atoms with Crippen LogP contribution >= 0.6 is 0 Å². The van der Waals surface area contributed by atoms with Crippen LogP contribution in [0.3, 0.4) is 0 Å². The first-order valence-corrected chi connectivity index (χ1v) is 8.63. The van der Waals surface area contributed by atoms with Gasteiger partial charge in [-0.2, -0.15) is 0 Å². The Labute approximate surface area is 145 Å². The Bertz CT molecular complexity index is 982. The van der Waals surface area contributed by atoms with E-state index in [-0.39, 0.29) is 29.6 Å². The number of para-hydroxylation sites is 2. The van der Waals surface area contributed by atoms with E-state index in [2.05, 4.69) is 10.2 Å². The molecule has 1 aromatic carbocycles. The standard InChI is InChI=1S/C18H23N5O2/c1-5-21(6-2)15(24)11-22-13-9-7-8-10-14(13)23-16(12(3)4)19-20-17(23)18(22)25/h7-10,12H,5-6,11H2,1-4H3. The fourth-order valence-corrected chi connectivity index (χ4v) is 3.13. The smallest absolute Gasteiger partial charge is 0.297 e. The van der Waals surface area contributed by atoms with Gasteiger partial charge < -0.3 is 4.90 Å².